The standard InChI is InChI=1S/C28H40N4O5/c1-6-8-10-18(4)23-15-24(33)31-22(14-20-11-9-12-21(13-20)16-29)27(35)30-19(5)26(34)32-25(17(3)7-2)28(36)37-23/h9,11-13,17-19,22-23,25H,6-8,10,14-15H2,1-5H3,(H,30,35)(H,31,33)(H,32,34)/t17-,18-,19-,22-,23-,25+/m0/s1. The Balaban J connectivity index is 2.40. The van der Waals surface area contributed by atoms with Gasteiger partial charge in [-0.3, -0.25) is 14.4 Å². The Labute approximate surface area is 219 Å². The maximum absolute atomic E-state index is 13.2. The number of esters is 1. The number of carbonyl (C=O) groups is 4. The molecular weight excluding hydrogens is 472 g/mol. The largest absolute Gasteiger partial charge is 0.460 e. The summed E-state index contributed by atoms with van der Waals surface area (Å²) in [6.07, 6.45) is 2.60. The molecule has 0 spiro atoms. The Bertz CT molecular complexity index is 1000. The van der Waals surface area contributed by atoms with Crippen LogP contribution >= 0.6 is 0 Å². The molecule has 0 aliphatic carbocycles. The van der Waals surface area contributed by atoms with Crippen LogP contribution in [-0.2, 0) is 30.3 Å². The van der Waals surface area contributed by atoms with Gasteiger partial charge in [0.15, 0.2) is 0 Å². The molecular formula is C28H40N4O5. The van der Waals surface area contributed by atoms with Gasteiger partial charge < -0.3 is 20.7 Å². The van der Waals surface area contributed by atoms with Crippen molar-refractivity contribution in [1.29, 1.82) is 5.26 Å². The van der Waals surface area contributed by atoms with E-state index in [1.54, 1.807) is 24.3 Å². The first-order valence-corrected chi connectivity index (χ1v) is 13.2. The molecule has 1 aromatic carbocycles. The summed E-state index contributed by atoms with van der Waals surface area (Å²) in [6.45, 7) is 9.29. The first-order valence-electron chi connectivity index (χ1n) is 13.2. The van der Waals surface area contributed by atoms with Gasteiger partial charge in [-0.05, 0) is 42.9 Å². The number of amides is 3. The first-order chi connectivity index (χ1) is 17.6. The second-order valence-corrected chi connectivity index (χ2v) is 10.0. The lowest BCUT2D eigenvalue weighted by molar-refractivity contribution is -0.158. The molecule has 9 heteroatoms. The third kappa shape index (κ3) is 8.88. The summed E-state index contributed by atoms with van der Waals surface area (Å²) in [5.74, 6) is -2.34. The first kappa shape index (κ1) is 29.8. The highest BCUT2D eigenvalue weighted by molar-refractivity contribution is 5.94. The van der Waals surface area contributed by atoms with E-state index in [-0.39, 0.29) is 24.7 Å². The van der Waals surface area contributed by atoms with Gasteiger partial charge in [-0.15, -0.1) is 0 Å². The monoisotopic (exact) mass is 512 g/mol. The molecule has 0 bridgehead atoms. The quantitative estimate of drug-likeness (QED) is 0.458. The van der Waals surface area contributed by atoms with Crippen LogP contribution < -0.4 is 16.0 Å². The van der Waals surface area contributed by atoms with E-state index >= 15 is 0 Å². The summed E-state index contributed by atoms with van der Waals surface area (Å²) in [5, 5.41) is 17.4. The molecule has 0 aromatic heterocycles. The Hall–Kier alpha value is -3.41. The van der Waals surface area contributed by atoms with Gasteiger partial charge in [0, 0.05) is 6.42 Å². The fraction of sp³-hybridized carbons (Fsp3) is 0.607. The molecule has 1 saturated heterocycles. The van der Waals surface area contributed by atoms with Crippen LogP contribution in [0, 0.1) is 23.2 Å². The Morgan fingerprint density at radius 1 is 1.05 bits per heavy atom. The van der Waals surface area contributed by atoms with Crippen LogP contribution in [0.15, 0.2) is 24.3 Å². The fourth-order valence-electron chi connectivity index (χ4n) is 4.27. The molecule has 1 heterocycles. The highest BCUT2D eigenvalue weighted by atomic mass is 16.5. The lowest BCUT2D eigenvalue weighted by Crippen LogP contribution is -2.55. The van der Waals surface area contributed by atoms with Crippen LogP contribution in [0.4, 0.5) is 0 Å². The number of nitrogens with zero attached hydrogens (tertiary/aromatic N) is 1. The maximum atomic E-state index is 13.2. The van der Waals surface area contributed by atoms with Gasteiger partial charge in [-0.1, -0.05) is 59.1 Å². The van der Waals surface area contributed by atoms with Crippen LogP contribution in [0.1, 0.15) is 77.8 Å². The average molecular weight is 513 g/mol. The number of unbranched alkanes of at least 4 members (excludes halogenated alkanes) is 1. The maximum Gasteiger partial charge on any atom is 0.329 e. The SMILES string of the molecule is CCCC[C@H](C)[C@@H]1CC(=O)N[C@@H](Cc2cccc(C#N)c2)C(=O)N[C@@H](C)C(=O)N[C@H]([C@@H](C)CC)C(=O)O1. The minimum Gasteiger partial charge on any atom is -0.460 e. The van der Waals surface area contributed by atoms with Crippen LogP contribution in [0.25, 0.3) is 0 Å². The van der Waals surface area contributed by atoms with Crippen molar-refractivity contribution in [3.63, 3.8) is 0 Å². The van der Waals surface area contributed by atoms with Gasteiger partial charge in [-0.2, -0.15) is 5.26 Å². The number of hydrogen-bond donors (Lipinski definition) is 3. The van der Waals surface area contributed by atoms with Crippen molar-refractivity contribution in [1.82, 2.24) is 16.0 Å². The third-order valence-electron chi connectivity index (χ3n) is 6.97. The van der Waals surface area contributed by atoms with E-state index in [9.17, 15) is 24.4 Å². The van der Waals surface area contributed by atoms with Gasteiger partial charge in [0.2, 0.25) is 17.7 Å². The van der Waals surface area contributed by atoms with E-state index in [0.717, 1.165) is 19.3 Å². The lowest BCUT2D eigenvalue weighted by Gasteiger charge is -2.29. The minimum absolute atomic E-state index is 0.0911. The van der Waals surface area contributed by atoms with Gasteiger partial charge >= 0.3 is 5.97 Å². The van der Waals surface area contributed by atoms with E-state index in [4.69, 9.17) is 4.74 Å². The number of nitriles is 1. The Morgan fingerprint density at radius 2 is 1.78 bits per heavy atom. The lowest BCUT2D eigenvalue weighted by atomic mass is 9.94. The van der Waals surface area contributed by atoms with E-state index in [2.05, 4.69) is 28.9 Å². The van der Waals surface area contributed by atoms with Crippen molar-refractivity contribution in [2.24, 2.45) is 11.8 Å². The highest BCUT2D eigenvalue weighted by Crippen LogP contribution is 2.21. The number of carbonyl (C=O) groups excluding carboxylic acids is 4. The number of cyclic esters (lactones) is 1. The van der Waals surface area contributed by atoms with Crippen LogP contribution in [0.3, 0.4) is 0 Å². The normalized spacial score (nSPS) is 25.1. The second kappa shape index (κ2) is 14.4. The zero-order chi connectivity index (χ0) is 27.5. The minimum atomic E-state index is -0.981. The molecule has 1 aliphatic heterocycles. The van der Waals surface area contributed by atoms with Crippen molar-refractivity contribution in [3.05, 3.63) is 35.4 Å². The molecule has 1 fully saturated rings. The van der Waals surface area contributed by atoms with E-state index < -0.39 is 47.9 Å². The molecule has 2 rings (SSSR count). The van der Waals surface area contributed by atoms with E-state index in [1.807, 2.05) is 20.8 Å². The highest BCUT2D eigenvalue weighted by Gasteiger charge is 2.35. The van der Waals surface area contributed by atoms with Gasteiger partial charge in [0.05, 0.1) is 18.1 Å². The zero-order valence-electron chi connectivity index (χ0n) is 22.5. The van der Waals surface area contributed by atoms with Gasteiger partial charge in [-0.25, -0.2) is 4.79 Å². The number of ether oxygens (including phenoxy) is 1. The molecule has 6 atom stereocenters. The molecule has 0 unspecified atom stereocenters. The third-order valence-corrected chi connectivity index (χ3v) is 6.97. The predicted molar refractivity (Wildman–Crippen MR) is 139 cm³/mol. The van der Waals surface area contributed by atoms with Crippen LogP contribution in [0.2, 0.25) is 0 Å². The van der Waals surface area contributed by atoms with Crippen molar-refractivity contribution in [2.75, 3.05) is 0 Å². The van der Waals surface area contributed by atoms with Crippen molar-refractivity contribution < 1.29 is 23.9 Å². The van der Waals surface area contributed by atoms with Crippen LogP contribution in [0.5, 0.6) is 0 Å². The number of rotatable bonds is 8. The Morgan fingerprint density at radius 3 is 2.43 bits per heavy atom. The van der Waals surface area contributed by atoms with Gasteiger partial charge in [0.25, 0.3) is 0 Å². The summed E-state index contributed by atoms with van der Waals surface area (Å²) < 4.78 is 5.87. The zero-order valence-corrected chi connectivity index (χ0v) is 22.5. The molecule has 37 heavy (non-hydrogen) atoms. The van der Waals surface area contributed by atoms with Gasteiger partial charge in [0.1, 0.15) is 24.2 Å². The van der Waals surface area contributed by atoms with Crippen molar-refractivity contribution >= 4 is 23.7 Å². The van der Waals surface area contributed by atoms with Crippen molar-refractivity contribution in [3.8, 4) is 6.07 Å². The summed E-state index contributed by atoms with van der Waals surface area (Å²) >= 11 is 0. The fourth-order valence-corrected chi connectivity index (χ4v) is 4.27. The molecule has 0 saturated carbocycles. The molecule has 3 amide bonds. The molecule has 1 aliphatic rings. The van der Waals surface area contributed by atoms with E-state index in [1.165, 1.54) is 6.92 Å². The topological polar surface area (TPSA) is 137 Å². The summed E-state index contributed by atoms with van der Waals surface area (Å²) in [4.78, 5) is 52.5. The molecule has 202 valence electrons. The number of nitrogens with one attached hydrogen (secondary N) is 3. The summed E-state index contributed by atoms with van der Waals surface area (Å²) in [7, 11) is 0. The Kier molecular flexibility index (Phi) is 11.6. The average Bonchev–Trinajstić information content (AvgIpc) is 2.88. The predicted octanol–water partition coefficient (Wildman–Crippen LogP) is 2.76. The molecule has 0 radical (unpaired) electrons. The molecule has 9 nitrogen and oxygen atoms in total. The van der Waals surface area contributed by atoms with Crippen LogP contribution in [-0.4, -0.2) is 47.9 Å². The molecule has 1 aromatic rings. The summed E-state index contributed by atoms with van der Waals surface area (Å²) in [6, 6.07) is 6.04. The smallest absolute Gasteiger partial charge is 0.329 e. The number of benzene rings is 1. The van der Waals surface area contributed by atoms with Crippen molar-refractivity contribution in [2.45, 2.75) is 97.4 Å². The summed E-state index contributed by atoms with van der Waals surface area (Å²) in [5.41, 5.74) is 1.13. The van der Waals surface area contributed by atoms with E-state index in [0.29, 0.717) is 17.5 Å². The molecule has 3 N–H and O–H groups in total. The second-order valence-electron chi connectivity index (χ2n) is 10.0. The number of hydrogen-bond acceptors (Lipinski definition) is 6.